The number of hydrogen-bond acceptors (Lipinski definition) is 8. The Balaban J connectivity index is 1.31. The van der Waals surface area contributed by atoms with Gasteiger partial charge < -0.3 is 25.2 Å². The van der Waals surface area contributed by atoms with Gasteiger partial charge in [0.1, 0.15) is 11.4 Å². The van der Waals surface area contributed by atoms with Gasteiger partial charge in [-0.3, -0.25) is 14.5 Å². The predicted octanol–water partition coefficient (Wildman–Crippen LogP) is 4.34. The molecule has 1 saturated carbocycles. The van der Waals surface area contributed by atoms with Gasteiger partial charge in [0, 0.05) is 56.3 Å². The number of nitrogens with one attached hydrogen (secondary N) is 2. The first-order valence-electron chi connectivity index (χ1n) is 14.6. The van der Waals surface area contributed by atoms with Crippen LogP contribution in [0.1, 0.15) is 76.1 Å². The van der Waals surface area contributed by atoms with E-state index in [1.54, 1.807) is 37.4 Å². The number of carbonyl (C=O) groups is 2. The number of nitrogens with zero attached hydrogens (tertiary/aromatic N) is 5. The number of ether oxygens (including phenoxy) is 1. The Morgan fingerprint density at radius 3 is 2.48 bits per heavy atom. The van der Waals surface area contributed by atoms with Gasteiger partial charge in [0.2, 0.25) is 11.9 Å². The summed E-state index contributed by atoms with van der Waals surface area (Å²) in [4.78, 5) is 41.5. The van der Waals surface area contributed by atoms with E-state index in [9.17, 15) is 9.59 Å². The second kappa shape index (κ2) is 11.6. The molecule has 2 N–H and O–H groups in total. The van der Waals surface area contributed by atoms with Crippen LogP contribution in [0.4, 0.5) is 23.1 Å². The molecule has 0 unspecified atom stereocenters. The highest BCUT2D eigenvalue weighted by Crippen LogP contribution is 2.37. The molecule has 2 aliphatic heterocycles. The average Bonchev–Trinajstić information content (AvgIpc) is 3.44. The third kappa shape index (κ3) is 6.01. The molecule has 3 aliphatic rings. The van der Waals surface area contributed by atoms with Gasteiger partial charge in [-0.25, -0.2) is 4.98 Å². The fraction of sp³-hybridized carbons (Fsp3) is 0.600. The van der Waals surface area contributed by atoms with Crippen LogP contribution in [0, 0.1) is 0 Å². The normalized spacial score (nSPS) is 19.4. The van der Waals surface area contributed by atoms with E-state index >= 15 is 0 Å². The molecule has 1 aromatic heterocycles. The standard InChI is InChI=1S/C30H43N7O3/c1-30(2,3)36-15-12-21(13-16-36)32-28(39)20-10-11-23(25(18-20)40-5)33-29-31-19-24-27(34-29)37(22-8-6-7-9-22)17-14-26(38)35(24)4/h10-11,18-19,21-22H,6-9,12-17H2,1-5H3,(H,32,39)(H,31,33,34). The van der Waals surface area contributed by atoms with E-state index in [-0.39, 0.29) is 23.4 Å². The lowest BCUT2D eigenvalue weighted by Crippen LogP contribution is -2.50. The molecule has 2 fully saturated rings. The van der Waals surface area contributed by atoms with Gasteiger partial charge in [0.15, 0.2) is 5.82 Å². The fourth-order valence-corrected chi connectivity index (χ4v) is 6.09. The number of aromatic nitrogens is 2. The summed E-state index contributed by atoms with van der Waals surface area (Å²) in [6, 6.07) is 5.92. The number of carbonyl (C=O) groups excluding carboxylic acids is 2. The van der Waals surface area contributed by atoms with Crippen molar-refractivity contribution in [2.75, 3.05) is 48.9 Å². The third-order valence-electron chi connectivity index (χ3n) is 8.58. The van der Waals surface area contributed by atoms with E-state index in [0.29, 0.717) is 42.0 Å². The lowest BCUT2D eigenvalue weighted by atomic mass is 9.98. The molecule has 0 bridgehead atoms. The zero-order valence-corrected chi connectivity index (χ0v) is 24.5. The Morgan fingerprint density at radius 1 is 1.07 bits per heavy atom. The van der Waals surface area contributed by atoms with Crippen LogP contribution < -0.4 is 25.2 Å². The minimum atomic E-state index is -0.0970. The zero-order valence-electron chi connectivity index (χ0n) is 24.5. The van der Waals surface area contributed by atoms with Gasteiger partial charge in [0.05, 0.1) is 19.0 Å². The number of amides is 2. The van der Waals surface area contributed by atoms with Gasteiger partial charge in [-0.1, -0.05) is 12.8 Å². The van der Waals surface area contributed by atoms with Crippen LogP contribution >= 0.6 is 0 Å². The van der Waals surface area contributed by atoms with Gasteiger partial charge in [-0.15, -0.1) is 0 Å². The number of fused-ring (bicyclic) bond motifs is 1. The molecule has 0 atom stereocenters. The van der Waals surface area contributed by atoms with Gasteiger partial charge in [0.25, 0.3) is 5.91 Å². The minimum Gasteiger partial charge on any atom is -0.495 e. The van der Waals surface area contributed by atoms with Crippen LogP contribution in [0.15, 0.2) is 24.4 Å². The summed E-state index contributed by atoms with van der Waals surface area (Å²) in [5.74, 6) is 1.71. The smallest absolute Gasteiger partial charge is 0.251 e. The van der Waals surface area contributed by atoms with Crippen molar-refractivity contribution in [3.63, 3.8) is 0 Å². The molecule has 5 rings (SSSR count). The minimum absolute atomic E-state index is 0.0707. The molecule has 1 aromatic carbocycles. The molecule has 10 nitrogen and oxygen atoms in total. The van der Waals surface area contributed by atoms with Crippen molar-refractivity contribution in [1.82, 2.24) is 20.2 Å². The zero-order chi connectivity index (χ0) is 28.4. The number of benzene rings is 1. The number of hydrogen-bond donors (Lipinski definition) is 2. The summed E-state index contributed by atoms with van der Waals surface area (Å²) in [5, 5.41) is 6.49. The third-order valence-corrected chi connectivity index (χ3v) is 8.58. The van der Waals surface area contributed by atoms with E-state index in [0.717, 1.165) is 50.3 Å². The first-order valence-corrected chi connectivity index (χ1v) is 14.6. The van der Waals surface area contributed by atoms with Gasteiger partial charge >= 0.3 is 0 Å². The molecule has 3 heterocycles. The summed E-state index contributed by atoms with van der Waals surface area (Å²) < 4.78 is 5.65. The highest BCUT2D eigenvalue weighted by atomic mass is 16.5. The first-order chi connectivity index (χ1) is 19.1. The van der Waals surface area contributed by atoms with Crippen LogP contribution in [-0.4, -0.2) is 78.1 Å². The maximum absolute atomic E-state index is 13.1. The monoisotopic (exact) mass is 549 g/mol. The first kappa shape index (κ1) is 28.1. The Morgan fingerprint density at radius 2 is 1.80 bits per heavy atom. The number of anilines is 4. The number of methoxy groups -OCH3 is 1. The Hall–Kier alpha value is -3.40. The molecule has 0 spiro atoms. The summed E-state index contributed by atoms with van der Waals surface area (Å²) >= 11 is 0. The Kier molecular flexibility index (Phi) is 8.16. The molecule has 10 heteroatoms. The highest BCUT2D eigenvalue weighted by Gasteiger charge is 2.32. The van der Waals surface area contributed by atoms with Crippen LogP contribution in [0.25, 0.3) is 0 Å². The second-order valence-corrected chi connectivity index (χ2v) is 12.2. The van der Waals surface area contributed by atoms with Crippen LogP contribution in [0.5, 0.6) is 5.75 Å². The van der Waals surface area contributed by atoms with Crippen molar-refractivity contribution in [2.45, 2.75) is 83.3 Å². The van der Waals surface area contributed by atoms with Gasteiger partial charge in [-0.05, 0) is 64.7 Å². The maximum atomic E-state index is 13.1. The largest absolute Gasteiger partial charge is 0.495 e. The number of likely N-dealkylation sites (tertiary alicyclic amines) is 1. The summed E-state index contributed by atoms with van der Waals surface area (Å²) in [7, 11) is 3.38. The molecule has 1 aliphatic carbocycles. The van der Waals surface area contributed by atoms with E-state index in [1.807, 2.05) is 6.07 Å². The predicted molar refractivity (Wildman–Crippen MR) is 158 cm³/mol. The second-order valence-electron chi connectivity index (χ2n) is 12.2. The average molecular weight is 550 g/mol. The van der Waals surface area contributed by atoms with Crippen LogP contribution in [-0.2, 0) is 4.79 Å². The molecule has 216 valence electrons. The molecule has 1 saturated heterocycles. The van der Waals surface area contributed by atoms with Gasteiger partial charge in [-0.2, -0.15) is 4.98 Å². The fourth-order valence-electron chi connectivity index (χ4n) is 6.09. The van der Waals surface area contributed by atoms with Crippen molar-refractivity contribution in [2.24, 2.45) is 0 Å². The molecule has 2 amide bonds. The molecular formula is C30H43N7O3. The van der Waals surface area contributed by atoms with Crippen molar-refractivity contribution < 1.29 is 14.3 Å². The topological polar surface area (TPSA) is 103 Å². The SMILES string of the molecule is COc1cc(C(=O)NC2CCN(C(C)(C)C)CC2)ccc1Nc1ncc2c(n1)N(C1CCCC1)CCC(=O)N2C. The lowest BCUT2D eigenvalue weighted by Gasteiger charge is -2.41. The van der Waals surface area contributed by atoms with Crippen LogP contribution in [0.2, 0.25) is 0 Å². The van der Waals surface area contributed by atoms with Crippen molar-refractivity contribution >= 4 is 35.0 Å². The van der Waals surface area contributed by atoms with Crippen molar-refractivity contribution in [1.29, 1.82) is 0 Å². The molecule has 0 radical (unpaired) electrons. The highest BCUT2D eigenvalue weighted by molar-refractivity contribution is 5.97. The molecular weight excluding hydrogens is 506 g/mol. The maximum Gasteiger partial charge on any atom is 0.251 e. The summed E-state index contributed by atoms with van der Waals surface area (Å²) in [6.45, 7) is 9.30. The summed E-state index contributed by atoms with van der Waals surface area (Å²) in [5.41, 5.74) is 2.10. The summed E-state index contributed by atoms with van der Waals surface area (Å²) in [6.07, 6.45) is 8.66. The van der Waals surface area contributed by atoms with Crippen LogP contribution in [0.3, 0.4) is 0 Å². The number of piperidine rings is 1. The van der Waals surface area contributed by atoms with E-state index in [4.69, 9.17) is 9.72 Å². The quantitative estimate of drug-likeness (QED) is 0.549. The van der Waals surface area contributed by atoms with E-state index in [1.165, 1.54) is 12.8 Å². The number of rotatable bonds is 6. The van der Waals surface area contributed by atoms with E-state index < -0.39 is 0 Å². The van der Waals surface area contributed by atoms with Crippen molar-refractivity contribution in [3.05, 3.63) is 30.0 Å². The molecule has 2 aromatic rings. The van der Waals surface area contributed by atoms with E-state index in [2.05, 4.69) is 46.2 Å². The van der Waals surface area contributed by atoms with Crippen molar-refractivity contribution in [3.8, 4) is 5.75 Å². The Bertz CT molecular complexity index is 1230. The Labute approximate surface area is 237 Å². The lowest BCUT2D eigenvalue weighted by molar-refractivity contribution is -0.118. The molecule has 40 heavy (non-hydrogen) atoms.